The van der Waals surface area contributed by atoms with Gasteiger partial charge in [-0.15, -0.1) is 11.3 Å². The Bertz CT molecular complexity index is 3230. The van der Waals surface area contributed by atoms with E-state index in [0.717, 1.165) is 11.4 Å². The maximum Gasteiger partial charge on any atom is 0.0554 e. The molecule has 0 radical (unpaired) electrons. The van der Waals surface area contributed by atoms with Gasteiger partial charge in [-0.2, -0.15) is 0 Å². The van der Waals surface area contributed by atoms with E-state index in [1.165, 1.54) is 91.6 Å². The van der Waals surface area contributed by atoms with Crippen molar-refractivity contribution in [3.63, 3.8) is 0 Å². The molecule has 56 heavy (non-hydrogen) atoms. The lowest BCUT2D eigenvalue weighted by atomic mass is 9.90. The largest absolute Gasteiger partial charge is 0.310 e. The van der Waals surface area contributed by atoms with E-state index in [2.05, 4.69) is 217 Å². The van der Waals surface area contributed by atoms with E-state index in [1.54, 1.807) is 0 Å². The zero-order valence-corrected chi connectivity index (χ0v) is 31.4. The van der Waals surface area contributed by atoms with Crippen LogP contribution in [-0.2, 0) is 0 Å². The molecule has 0 N–H and O–H groups in total. The van der Waals surface area contributed by atoms with Crippen molar-refractivity contribution in [3.05, 3.63) is 212 Å². The highest BCUT2D eigenvalue weighted by Crippen LogP contribution is 2.46. The summed E-state index contributed by atoms with van der Waals surface area (Å²) in [6.45, 7) is 0. The summed E-state index contributed by atoms with van der Waals surface area (Å²) in [6.07, 6.45) is 0. The smallest absolute Gasteiger partial charge is 0.0554 e. The van der Waals surface area contributed by atoms with Crippen molar-refractivity contribution in [2.75, 3.05) is 4.90 Å². The number of benzene rings is 10. The number of fused-ring (bicyclic) bond motifs is 7. The van der Waals surface area contributed by atoms with Crippen LogP contribution in [0.5, 0.6) is 0 Å². The third-order valence-corrected chi connectivity index (χ3v) is 12.4. The van der Waals surface area contributed by atoms with Crippen molar-refractivity contribution >= 4 is 80.9 Å². The highest BCUT2D eigenvalue weighted by molar-refractivity contribution is 7.26. The van der Waals surface area contributed by atoms with Crippen molar-refractivity contribution in [2.45, 2.75) is 0 Å². The Labute approximate surface area is 330 Å². The number of hydrogen-bond donors (Lipinski definition) is 0. The molecule has 0 atom stereocenters. The van der Waals surface area contributed by atoms with Gasteiger partial charge in [-0.05, 0) is 114 Å². The van der Waals surface area contributed by atoms with E-state index >= 15 is 0 Å². The van der Waals surface area contributed by atoms with Gasteiger partial charge in [0.1, 0.15) is 0 Å². The van der Waals surface area contributed by atoms with Gasteiger partial charge in [-0.3, -0.25) is 0 Å². The Kier molecular flexibility index (Phi) is 7.75. The third-order valence-electron chi connectivity index (χ3n) is 11.3. The molecule has 1 heterocycles. The summed E-state index contributed by atoms with van der Waals surface area (Å²) in [7, 11) is 0. The average Bonchev–Trinajstić information content (AvgIpc) is 3.66. The molecule has 0 unspecified atom stereocenters. The van der Waals surface area contributed by atoms with Crippen molar-refractivity contribution < 1.29 is 0 Å². The Balaban J connectivity index is 1.08. The minimum Gasteiger partial charge on any atom is -0.310 e. The van der Waals surface area contributed by atoms with E-state index < -0.39 is 0 Å². The minimum atomic E-state index is 1.11. The Morgan fingerprint density at radius 2 is 0.893 bits per heavy atom. The van der Waals surface area contributed by atoms with Crippen LogP contribution in [0.2, 0.25) is 0 Å². The van der Waals surface area contributed by atoms with Crippen molar-refractivity contribution in [3.8, 4) is 33.4 Å². The second-order valence-corrected chi connectivity index (χ2v) is 15.5. The first-order valence-corrected chi connectivity index (χ1v) is 20.0. The maximum atomic E-state index is 2.44. The van der Waals surface area contributed by atoms with E-state index in [1.807, 2.05) is 11.3 Å². The first-order chi connectivity index (χ1) is 27.8. The molecule has 0 saturated carbocycles. The quantitative estimate of drug-likeness (QED) is 0.154. The highest BCUT2D eigenvalue weighted by atomic mass is 32.1. The average molecular weight is 730 g/mol. The van der Waals surface area contributed by atoms with E-state index in [-0.39, 0.29) is 0 Å². The van der Waals surface area contributed by atoms with Crippen LogP contribution in [0.15, 0.2) is 212 Å². The molecule has 1 nitrogen and oxygen atoms in total. The van der Waals surface area contributed by atoms with E-state index in [0.29, 0.717) is 0 Å². The van der Waals surface area contributed by atoms with E-state index in [9.17, 15) is 0 Å². The van der Waals surface area contributed by atoms with E-state index in [4.69, 9.17) is 0 Å². The number of rotatable bonds is 6. The van der Waals surface area contributed by atoms with Crippen LogP contribution < -0.4 is 4.90 Å². The summed E-state index contributed by atoms with van der Waals surface area (Å²) in [5.74, 6) is 0. The van der Waals surface area contributed by atoms with Crippen LogP contribution in [0, 0.1) is 0 Å². The highest BCUT2D eigenvalue weighted by Gasteiger charge is 2.20. The number of hydrogen-bond acceptors (Lipinski definition) is 2. The fourth-order valence-electron chi connectivity index (χ4n) is 8.67. The van der Waals surface area contributed by atoms with Crippen molar-refractivity contribution in [1.82, 2.24) is 0 Å². The Morgan fingerprint density at radius 1 is 0.321 bits per heavy atom. The molecule has 0 aliphatic heterocycles. The predicted octanol–water partition coefficient (Wildman–Crippen LogP) is 16.0. The molecule has 10 aromatic carbocycles. The van der Waals surface area contributed by atoms with Gasteiger partial charge in [-0.1, -0.05) is 164 Å². The lowest BCUT2D eigenvalue weighted by Crippen LogP contribution is -2.10. The number of thiophene rings is 1. The van der Waals surface area contributed by atoms with Gasteiger partial charge in [0.15, 0.2) is 0 Å². The summed E-state index contributed by atoms with van der Waals surface area (Å²) in [5, 5.41) is 10.2. The molecule has 2 heteroatoms. The first-order valence-electron chi connectivity index (χ1n) is 19.2. The fourth-order valence-corrected chi connectivity index (χ4v) is 9.80. The second-order valence-electron chi connectivity index (χ2n) is 14.4. The number of nitrogens with zero attached hydrogens (tertiary/aromatic N) is 1. The standard InChI is InChI=1S/C54H35NS/c1-2-14-39(15-3-1)53-44-18-7-4-13-36(44)29-34-45(53)37-25-30-41(31-26-37)55(50-22-12-24-52-54(50)48-21-10-11-23-51(48)56-52)42-32-27-38(28-33-42)49-35-40-16-5-6-17-43(40)46-19-8-9-20-47(46)49/h1-35H. The lowest BCUT2D eigenvalue weighted by molar-refractivity contribution is 1.30. The summed E-state index contributed by atoms with van der Waals surface area (Å²) in [4.78, 5) is 2.44. The Hall–Kier alpha value is -7.00. The van der Waals surface area contributed by atoms with Gasteiger partial charge in [-0.25, -0.2) is 0 Å². The molecule has 0 aliphatic rings. The monoisotopic (exact) mass is 729 g/mol. The number of anilines is 3. The van der Waals surface area contributed by atoms with Gasteiger partial charge < -0.3 is 4.90 Å². The van der Waals surface area contributed by atoms with Crippen LogP contribution >= 0.6 is 11.3 Å². The minimum absolute atomic E-state index is 1.11. The van der Waals surface area contributed by atoms with Crippen LogP contribution in [0.25, 0.3) is 85.9 Å². The molecular formula is C54H35NS. The van der Waals surface area contributed by atoms with Crippen LogP contribution in [0.1, 0.15) is 0 Å². The molecule has 262 valence electrons. The summed E-state index contributed by atoms with van der Waals surface area (Å²) < 4.78 is 2.58. The van der Waals surface area contributed by atoms with Gasteiger partial charge >= 0.3 is 0 Å². The normalized spacial score (nSPS) is 11.6. The van der Waals surface area contributed by atoms with Gasteiger partial charge in [0, 0.05) is 31.5 Å². The fraction of sp³-hybridized carbons (Fsp3) is 0. The molecule has 11 aromatic rings. The summed E-state index contributed by atoms with van der Waals surface area (Å²) in [6, 6.07) is 77.7. The van der Waals surface area contributed by atoms with Gasteiger partial charge in [0.2, 0.25) is 0 Å². The van der Waals surface area contributed by atoms with Crippen LogP contribution in [0.4, 0.5) is 17.1 Å². The molecule has 1 aromatic heterocycles. The van der Waals surface area contributed by atoms with Crippen molar-refractivity contribution in [2.24, 2.45) is 0 Å². The van der Waals surface area contributed by atoms with Gasteiger partial charge in [0.25, 0.3) is 0 Å². The SMILES string of the molecule is c1ccc(-c2c(-c3ccc(N(c4ccc(-c5cc6ccccc6c6ccccc56)cc4)c4cccc5sc6ccccc6c45)cc3)ccc3ccccc23)cc1. The lowest BCUT2D eigenvalue weighted by Gasteiger charge is -2.27. The topological polar surface area (TPSA) is 3.24 Å². The molecule has 11 rings (SSSR count). The maximum absolute atomic E-state index is 2.44. The van der Waals surface area contributed by atoms with Crippen LogP contribution in [-0.4, -0.2) is 0 Å². The molecule has 0 bridgehead atoms. The Morgan fingerprint density at radius 3 is 1.64 bits per heavy atom. The molecule has 0 amide bonds. The van der Waals surface area contributed by atoms with Crippen molar-refractivity contribution in [1.29, 1.82) is 0 Å². The summed E-state index contributed by atoms with van der Waals surface area (Å²) >= 11 is 1.86. The van der Waals surface area contributed by atoms with Crippen LogP contribution in [0.3, 0.4) is 0 Å². The molecule has 0 fully saturated rings. The molecular weight excluding hydrogens is 695 g/mol. The summed E-state index contributed by atoms with van der Waals surface area (Å²) in [5.41, 5.74) is 10.8. The third kappa shape index (κ3) is 5.38. The first kappa shape index (κ1) is 32.4. The zero-order valence-electron chi connectivity index (χ0n) is 30.6. The second kappa shape index (κ2) is 13.4. The molecule has 0 saturated heterocycles. The molecule has 0 aliphatic carbocycles. The predicted molar refractivity (Wildman–Crippen MR) is 243 cm³/mol. The molecule has 0 spiro atoms. The van der Waals surface area contributed by atoms with Gasteiger partial charge in [0.05, 0.1) is 5.69 Å². The zero-order chi connectivity index (χ0) is 37.0.